The van der Waals surface area contributed by atoms with Crippen LogP contribution < -0.4 is 0 Å². The van der Waals surface area contributed by atoms with Gasteiger partial charge in [-0.15, -0.1) is 0 Å². The molecule has 0 amide bonds. The van der Waals surface area contributed by atoms with Gasteiger partial charge in [-0.3, -0.25) is 9.59 Å². The van der Waals surface area contributed by atoms with E-state index in [2.05, 4.69) is 0 Å². The van der Waals surface area contributed by atoms with Gasteiger partial charge in [-0.05, 0) is 24.3 Å². The van der Waals surface area contributed by atoms with E-state index in [4.69, 9.17) is 0 Å². The van der Waals surface area contributed by atoms with Gasteiger partial charge in [0.1, 0.15) is 11.5 Å². The zero-order chi connectivity index (χ0) is 19.7. The third-order valence-corrected chi connectivity index (χ3v) is 4.71. The molecule has 4 rings (SSSR count). The predicted octanol–water partition coefficient (Wildman–Crippen LogP) is 4.71. The summed E-state index contributed by atoms with van der Waals surface area (Å²) in [5.74, 6) is -1.08. The maximum absolute atomic E-state index is 12.7. The normalized spacial score (nSPS) is 10.7. The van der Waals surface area contributed by atoms with Crippen LogP contribution >= 0.6 is 0 Å². The molecule has 4 nitrogen and oxygen atoms in total. The maximum Gasteiger partial charge on any atom is 0.196 e. The molecule has 0 radical (unpaired) electrons. The van der Waals surface area contributed by atoms with Crippen LogP contribution in [0.1, 0.15) is 31.8 Å². The molecule has 0 saturated carbocycles. The number of benzene rings is 4. The summed E-state index contributed by atoms with van der Waals surface area (Å²) in [4.78, 5) is 25.4. The number of carbonyl (C=O) groups is 2. The van der Waals surface area contributed by atoms with Crippen LogP contribution in [-0.4, -0.2) is 21.8 Å². The van der Waals surface area contributed by atoms with Crippen molar-refractivity contribution < 1.29 is 19.8 Å². The smallest absolute Gasteiger partial charge is 0.196 e. The lowest BCUT2D eigenvalue weighted by molar-refractivity contribution is 0.102. The Morgan fingerprint density at radius 3 is 1.21 bits per heavy atom. The number of hydrogen-bond donors (Lipinski definition) is 2. The maximum atomic E-state index is 12.7. The van der Waals surface area contributed by atoms with Gasteiger partial charge in [-0.1, -0.05) is 60.7 Å². The largest absolute Gasteiger partial charge is 0.507 e. The summed E-state index contributed by atoms with van der Waals surface area (Å²) < 4.78 is 0. The fourth-order valence-electron chi connectivity index (χ4n) is 3.23. The number of carbonyl (C=O) groups excluding carboxylic acids is 2. The fraction of sp³-hybridized carbons (Fsp3) is 0. The number of ketones is 2. The first-order valence-corrected chi connectivity index (χ1v) is 8.75. The molecule has 0 bridgehead atoms. The lowest BCUT2D eigenvalue weighted by Gasteiger charge is -2.11. The van der Waals surface area contributed by atoms with E-state index in [1.165, 1.54) is 12.1 Å². The third-order valence-electron chi connectivity index (χ3n) is 4.71. The topological polar surface area (TPSA) is 74.6 Å². The Labute approximate surface area is 161 Å². The van der Waals surface area contributed by atoms with Gasteiger partial charge in [-0.25, -0.2) is 0 Å². The summed E-state index contributed by atoms with van der Waals surface area (Å²) in [5.41, 5.74) is 1.19. The van der Waals surface area contributed by atoms with E-state index in [0.717, 1.165) is 0 Å². The minimum atomic E-state index is -0.316. The van der Waals surface area contributed by atoms with Crippen molar-refractivity contribution in [2.24, 2.45) is 0 Å². The van der Waals surface area contributed by atoms with Crippen molar-refractivity contribution in [3.8, 4) is 11.5 Å². The zero-order valence-corrected chi connectivity index (χ0v) is 14.8. The lowest BCUT2D eigenvalue weighted by Crippen LogP contribution is -2.03. The van der Waals surface area contributed by atoms with Crippen molar-refractivity contribution >= 4 is 22.3 Å². The van der Waals surface area contributed by atoms with Gasteiger partial charge >= 0.3 is 0 Å². The van der Waals surface area contributed by atoms with Gasteiger partial charge in [0, 0.05) is 21.9 Å². The van der Waals surface area contributed by atoms with Gasteiger partial charge in [0.2, 0.25) is 0 Å². The quantitative estimate of drug-likeness (QED) is 0.512. The van der Waals surface area contributed by atoms with Crippen LogP contribution in [0.4, 0.5) is 0 Å². The van der Waals surface area contributed by atoms with Crippen molar-refractivity contribution in [2.45, 2.75) is 0 Å². The molecule has 0 fully saturated rings. The Bertz CT molecular complexity index is 1100. The van der Waals surface area contributed by atoms with Crippen molar-refractivity contribution in [1.82, 2.24) is 0 Å². The minimum absolute atomic E-state index is 0.139. The summed E-state index contributed by atoms with van der Waals surface area (Å²) in [6.45, 7) is 0. The van der Waals surface area contributed by atoms with Crippen LogP contribution in [0.25, 0.3) is 10.8 Å². The second-order valence-electron chi connectivity index (χ2n) is 6.41. The molecule has 4 heteroatoms. The number of hydrogen-bond acceptors (Lipinski definition) is 4. The van der Waals surface area contributed by atoms with Crippen LogP contribution in [0, 0.1) is 0 Å². The first kappa shape index (κ1) is 17.5. The average molecular weight is 368 g/mol. The van der Waals surface area contributed by atoms with E-state index in [1.54, 1.807) is 72.8 Å². The SMILES string of the molecule is O=C(c1ccccc1)c1ccc2c(O)c(C(=O)c3ccccc3)ccc2c1O. The first-order valence-electron chi connectivity index (χ1n) is 8.75. The Kier molecular flexibility index (Phi) is 4.38. The van der Waals surface area contributed by atoms with Crippen LogP contribution in [-0.2, 0) is 0 Å². The second-order valence-corrected chi connectivity index (χ2v) is 6.41. The number of aromatic hydroxyl groups is 2. The van der Waals surface area contributed by atoms with Crippen molar-refractivity contribution in [2.75, 3.05) is 0 Å². The van der Waals surface area contributed by atoms with Crippen molar-refractivity contribution in [3.63, 3.8) is 0 Å². The van der Waals surface area contributed by atoms with E-state index in [1.807, 2.05) is 0 Å². The van der Waals surface area contributed by atoms with Gasteiger partial charge < -0.3 is 10.2 Å². The lowest BCUT2D eigenvalue weighted by atomic mass is 9.94. The molecule has 0 spiro atoms. The summed E-state index contributed by atoms with van der Waals surface area (Å²) in [5, 5.41) is 21.9. The summed E-state index contributed by atoms with van der Waals surface area (Å²) >= 11 is 0. The molecule has 136 valence electrons. The molecule has 0 aliphatic rings. The summed E-state index contributed by atoms with van der Waals surface area (Å²) in [6, 6.07) is 23.3. The highest BCUT2D eigenvalue weighted by Gasteiger charge is 2.20. The van der Waals surface area contributed by atoms with Crippen LogP contribution in [0.3, 0.4) is 0 Å². The number of rotatable bonds is 4. The molecule has 0 aromatic heterocycles. The Hall–Kier alpha value is -3.92. The molecule has 0 heterocycles. The standard InChI is InChI=1S/C24H16O4/c25-21(15-7-3-1-4-8-15)19-13-11-18-17(23(19)27)12-14-20(24(18)28)22(26)16-9-5-2-6-10-16/h1-14,27-28H. The molecular weight excluding hydrogens is 352 g/mol. The second kappa shape index (κ2) is 7.00. The van der Waals surface area contributed by atoms with Crippen LogP contribution in [0.2, 0.25) is 0 Å². The number of phenols is 2. The van der Waals surface area contributed by atoms with Gasteiger partial charge in [0.15, 0.2) is 11.6 Å². The number of fused-ring (bicyclic) bond motifs is 1. The summed E-state index contributed by atoms with van der Waals surface area (Å²) in [7, 11) is 0. The highest BCUT2D eigenvalue weighted by Crippen LogP contribution is 2.37. The molecule has 4 aromatic rings. The summed E-state index contributed by atoms with van der Waals surface area (Å²) in [6.07, 6.45) is 0. The minimum Gasteiger partial charge on any atom is -0.507 e. The van der Waals surface area contributed by atoms with E-state index >= 15 is 0 Å². The first-order chi connectivity index (χ1) is 13.6. The molecule has 4 aromatic carbocycles. The molecule has 0 unspecified atom stereocenters. The van der Waals surface area contributed by atoms with E-state index in [-0.39, 0.29) is 34.2 Å². The highest BCUT2D eigenvalue weighted by molar-refractivity contribution is 6.17. The number of phenolic OH excluding ortho intramolecular Hbond substituents is 2. The molecular formula is C24H16O4. The average Bonchev–Trinajstić information content (AvgIpc) is 2.75. The Morgan fingerprint density at radius 2 is 0.857 bits per heavy atom. The molecule has 28 heavy (non-hydrogen) atoms. The zero-order valence-electron chi connectivity index (χ0n) is 14.8. The molecule has 0 saturated heterocycles. The molecule has 0 aliphatic heterocycles. The molecule has 2 N–H and O–H groups in total. The fourth-order valence-corrected chi connectivity index (χ4v) is 3.23. The van der Waals surface area contributed by atoms with Gasteiger partial charge in [-0.2, -0.15) is 0 Å². The molecule has 0 atom stereocenters. The van der Waals surface area contributed by atoms with Gasteiger partial charge in [0.05, 0.1) is 11.1 Å². The van der Waals surface area contributed by atoms with Crippen LogP contribution in [0.5, 0.6) is 11.5 Å². The van der Waals surface area contributed by atoms with Crippen molar-refractivity contribution in [3.05, 3.63) is 107 Å². The monoisotopic (exact) mass is 368 g/mol. The molecule has 0 aliphatic carbocycles. The Balaban J connectivity index is 1.81. The van der Waals surface area contributed by atoms with Gasteiger partial charge in [0.25, 0.3) is 0 Å². The van der Waals surface area contributed by atoms with E-state index in [9.17, 15) is 19.8 Å². The van der Waals surface area contributed by atoms with Crippen LogP contribution in [0.15, 0.2) is 84.9 Å². The van der Waals surface area contributed by atoms with Crippen molar-refractivity contribution in [1.29, 1.82) is 0 Å². The van der Waals surface area contributed by atoms with E-state index < -0.39 is 0 Å². The van der Waals surface area contributed by atoms with E-state index in [0.29, 0.717) is 21.9 Å². The predicted molar refractivity (Wildman–Crippen MR) is 107 cm³/mol. The highest BCUT2D eigenvalue weighted by atomic mass is 16.3. The Morgan fingerprint density at radius 1 is 0.500 bits per heavy atom. The third kappa shape index (κ3) is 2.91.